The van der Waals surface area contributed by atoms with E-state index >= 15 is 0 Å². The van der Waals surface area contributed by atoms with Gasteiger partial charge < -0.3 is 20.3 Å². The first kappa shape index (κ1) is 32.0. The van der Waals surface area contributed by atoms with E-state index in [4.69, 9.17) is 27.9 Å². The summed E-state index contributed by atoms with van der Waals surface area (Å²) in [5, 5.41) is 6.25. The Morgan fingerprint density at radius 2 is 1.71 bits per heavy atom. The molecule has 2 aliphatic rings. The lowest BCUT2D eigenvalue weighted by Crippen LogP contribution is -2.52. The third-order valence-electron chi connectivity index (χ3n) is 7.31. The lowest BCUT2D eigenvalue weighted by molar-refractivity contribution is -0.146. The number of nitrogens with one attached hydrogen (secondary N) is 2. The van der Waals surface area contributed by atoms with Crippen LogP contribution in [-0.2, 0) is 29.1 Å². The lowest BCUT2D eigenvalue weighted by atomic mass is 10.1. The second-order valence-corrected chi connectivity index (χ2v) is 12.8. The Morgan fingerprint density at radius 3 is 2.36 bits per heavy atom. The number of halogens is 2. The SMILES string of the molecule is COC(=O)[C@H](CCC(=O)N1CCN(CNc2ccncc2)CC1)NC(=O)[C@@H]1CCCN1S(=O)(=O)c1cc(Cl)cc(Cl)c1. The van der Waals surface area contributed by atoms with Gasteiger partial charge in [0.05, 0.1) is 18.7 Å². The normalized spacial score (nSPS) is 18.8. The molecule has 0 radical (unpaired) electrons. The summed E-state index contributed by atoms with van der Waals surface area (Å²) in [7, 11) is -2.90. The number of methoxy groups -OCH3 is 1. The molecule has 228 valence electrons. The number of ether oxygens (including phenoxy) is 1. The molecule has 15 heteroatoms. The van der Waals surface area contributed by atoms with Gasteiger partial charge in [0.2, 0.25) is 21.8 Å². The van der Waals surface area contributed by atoms with Crippen LogP contribution in [0, 0.1) is 0 Å². The second kappa shape index (κ2) is 14.5. The van der Waals surface area contributed by atoms with Gasteiger partial charge in [0, 0.05) is 67.3 Å². The van der Waals surface area contributed by atoms with E-state index in [1.165, 1.54) is 25.3 Å². The third kappa shape index (κ3) is 8.10. The molecule has 0 spiro atoms. The molecule has 0 saturated carbocycles. The average Bonchev–Trinajstić information content (AvgIpc) is 3.49. The van der Waals surface area contributed by atoms with Gasteiger partial charge in [0.15, 0.2) is 0 Å². The van der Waals surface area contributed by atoms with Crippen molar-refractivity contribution in [1.29, 1.82) is 0 Å². The van der Waals surface area contributed by atoms with Gasteiger partial charge in [-0.2, -0.15) is 4.31 Å². The van der Waals surface area contributed by atoms with E-state index < -0.39 is 34.0 Å². The molecule has 42 heavy (non-hydrogen) atoms. The molecular weight excluding hydrogens is 607 g/mol. The van der Waals surface area contributed by atoms with Gasteiger partial charge >= 0.3 is 5.97 Å². The van der Waals surface area contributed by atoms with E-state index in [1.807, 2.05) is 12.1 Å². The van der Waals surface area contributed by atoms with Crippen molar-refractivity contribution >= 4 is 56.7 Å². The van der Waals surface area contributed by atoms with Crippen molar-refractivity contribution in [2.75, 3.05) is 51.8 Å². The van der Waals surface area contributed by atoms with E-state index in [9.17, 15) is 22.8 Å². The quantitative estimate of drug-likeness (QED) is 0.354. The highest BCUT2D eigenvalue weighted by atomic mass is 35.5. The highest BCUT2D eigenvalue weighted by Gasteiger charge is 2.41. The van der Waals surface area contributed by atoms with Crippen molar-refractivity contribution in [2.45, 2.75) is 42.7 Å². The number of sulfonamides is 1. The molecule has 0 aliphatic carbocycles. The number of nitrogens with zero attached hydrogens (tertiary/aromatic N) is 4. The third-order valence-corrected chi connectivity index (χ3v) is 9.63. The number of anilines is 1. The van der Waals surface area contributed by atoms with Gasteiger partial charge in [-0.1, -0.05) is 23.2 Å². The Kier molecular flexibility index (Phi) is 11.0. The van der Waals surface area contributed by atoms with Gasteiger partial charge in [-0.05, 0) is 49.6 Å². The Balaban J connectivity index is 1.31. The van der Waals surface area contributed by atoms with E-state index in [1.54, 1.807) is 17.3 Å². The number of aromatic nitrogens is 1. The van der Waals surface area contributed by atoms with Gasteiger partial charge in [-0.3, -0.25) is 19.5 Å². The summed E-state index contributed by atoms with van der Waals surface area (Å²) < 4.78 is 32.6. The zero-order valence-electron chi connectivity index (χ0n) is 23.2. The predicted molar refractivity (Wildman–Crippen MR) is 157 cm³/mol. The molecule has 2 amide bonds. The highest BCUT2D eigenvalue weighted by Crippen LogP contribution is 2.30. The molecule has 2 N–H and O–H groups in total. The van der Waals surface area contributed by atoms with Gasteiger partial charge in [0.25, 0.3) is 0 Å². The van der Waals surface area contributed by atoms with Crippen LogP contribution in [0.1, 0.15) is 25.7 Å². The zero-order chi connectivity index (χ0) is 30.3. The van der Waals surface area contributed by atoms with Crippen LogP contribution in [0.25, 0.3) is 0 Å². The van der Waals surface area contributed by atoms with Crippen molar-refractivity contribution in [1.82, 2.24) is 24.4 Å². The largest absolute Gasteiger partial charge is 0.467 e. The van der Waals surface area contributed by atoms with Crippen LogP contribution in [0.3, 0.4) is 0 Å². The van der Waals surface area contributed by atoms with E-state index in [2.05, 4.69) is 20.5 Å². The number of esters is 1. The van der Waals surface area contributed by atoms with Crippen LogP contribution < -0.4 is 10.6 Å². The van der Waals surface area contributed by atoms with Crippen LogP contribution in [0.4, 0.5) is 5.69 Å². The predicted octanol–water partition coefficient (Wildman–Crippen LogP) is 2.19. The Labute approximate surface area is 255 Å². The lowest BCUT2D eigenvalue weighted by Gasteiger charge is -2.35. The van der Waals surface area contributed by atoms with Gasteiger partial charge in [-0.15, -0.1) is 0 Å². The minimum atomic E-state index is -4.09. The second-order valence-electron chi connectivity index (χ2n) is 10.1. The summed E-state index contributed by atoms with van der Waals surface area (Å²) in [6.45, 7) is 3.20. The zero-order valence-corrected chi connectivity index (χ0v) is 25.5. The maximum atomic E-state index is 13.3. The van der Waals surface area contributed by atoms with Gasteiger partial charge in [0.1, 0.15) is 12.1 Å². The molecule has 0 bridgehead atoms. The first-order chi connectivity index (χ1) is 20.1. The van der Waals surface area contributed by atoms with Crippen LogP contribution in [0.5, 0.6) is 0 Å². The van der Waals surface area contributed by atoms with E-state index in [0.29, 0.717) is 39.3 Å². The van der Waals surface area contributed by atoms with E-state index in [-0.39, 0.29) is 46.7 Å². The summed E-state index contributed by atoms with van der Waals surface area (Å²) in [6.07, 6.45) is 4.19. The summed E-state index contributed by atoms with van der Waals surface area (Å²) in [5.74, 6) is -1.48. The molecule has 2 atom stereocenters. The fourth-order valence-electron chi connectivity index (χ4n) is 5.02. The van der Waals surface area contributed by atoms with E-state index in [0.717, 1.165) is 9.99 Å². The number of carbonyl (C=O) groups excluding carboxylic acids is 3. The summed E-state index contributed by atoms with van der Waals surface area (Å²) in [6, 6.07) is 5.59. The number of hydrogen-bond donors (Lipinski definition) is 2. The summed E-state index contributed by atoms with van der Waals surface area (Å²) in [4.78, 5) is 46.5. The Hall–Kier alpha value is -2.97. The van der Waals surface area contributed by atoms with Crippen molar-refractivity contribution in [2.24, 2.45) is 0 Å². The number of benzene rings is 1. The summed E-state index contributed by atoms with van der Waals surface area (Å²) in [5.41, 5.74) is 0.964. The monoisotopic (exact) mass is 640 g/mol. The molecule has 2 saturated heterocycles. The first-order valence-corrected chi connectivity index (χ1v) is 15.8. The van der Waals surface area contributed by atoms with Crippen LogP contribution in [0.15, 0.2) is 47.6 Å². The molecule has 1 aromatic heterocycles. The smallest absolute Gasteiger partial charge is 0.328 e. The molecular formula is C27H34Cl2N6O6S. The van der Waals surface area contributed by atoms with Crippen molar-refractivity contribution in [3.63, 3.8) is 0 Å². The fraction of sp³-hybridized carbons (Fsp3) is 0.481. The summed E-state index contributed by atoms with van der Waals surface area (Å²) >= 11 is 12.0. The Morgan fingerprint density at radius 1 is 1.05 bits per heavy atom. The fourth-order valence-corrected chi connectivity index (χ4v) is 7.40. The minimum absolute atomic E-state index is 0.0169. The van der Waals surface area contributed by atoms with Crippen LogP contribution >= 0.6 is 23.2 Å². The maximum Gasteiger partial charge on any atom is 0.328 e. The van der Waals surface area contributed by atoms with Crippen LogP contribution in [0.2, 0.25) is 10.0 Å². The molecule has 1 aromatic carbocycles. The molecule has 2 fully saturated rings. The first-order valence-electron chi connectivity index (χ1n) is 13.6. The van der Waals surface area contributed by atoms with Crippen molar-refractivity contribution in [3.8, 4) is 0 Å². The molecule has 0 unspecified atom stereocenters. The number of carbonyl (C=O) groups is 3. The number of hydrogen-bond acceptors (Lipinski definition) is 9. The van der Waals surface area contributed by atoms with Crippen molar-refractivity contribution in [3.05, 3.63) is 52.8 Å². The molecule has 2 aromatic rings. The number of rotatable bonds is 11. The van der Waals surface area contributed by atoms with Crippen molar-refractivity contribution < 1.29 is 27.5 Å². The number of amides is 2. The van der Waals surface area contributed by atoms with Crippen LogP contribution in [-0.4, -0.2) is 104 Å². The molecule has 12 nitrogen and oxygen atoms in total. The molecule has 3 heterocycles. The number of piperazine rings is 1. The molecule has 4 rings (SSSR count). The average molecular weight is 642 g/mol. The minimum Gasteiger partial charge on any atom is -0.467 e. The standard InChI is InChI=1S/C27H34Cl2N6O6S/c1-41-27(38)23(4-5-25(36)34-13-11-33(12-14-34)18-31-21-6-8-30-9-7-21)32-26(37)24-3-2-10-35(24)42(39,40)22-16-19(28)15-20(29)17-22/h6-9,15-17,23-24H,2-5,10-14,18H2,1H3,(H,30,31)(H,32,37)/t23-,24-/m0/s1. The molecule has 2 aliphatic heterocycles. The maximum absolute atomic E-state index is 13.3. The highest BCUT2D eigenvalue weighted by molar-refractivity contribution is 7.89. The topological polar surface area (TPSA) is 141 Å². The Bertz CT molecular complexity index is 1350. The van der Waals surface area contributed by atoms with Gasteiger partial charge in [-0.25, -0.2) is 13.2 Å². The number of pyridine rings is 1.